The SMILES string of the molecule is CC(C)C1CN(C(=O)c2ccc(Cl)cn2)CCCN1CC1CC1. The van der Waals surface area contributed by atoms with E-state index in [2.05, 4.69) is 23.7 Å². The summed E-state index contributed by atoms with van der Waals surface area (Å²) < 4.78 is 0. The second-order valence-electron chi connectivity index (χ2n) is 7.22. The second-order valence-corrected chi connectivity index (χ2v) is 7.65. The van der Waals surface area contributed by atoms with Crippen LogP contribution >= 0.6 is 11.6 Å². The van der Waals surface area contributed by atoms with Gasteiger partial charge in [0.25, 0.3) is 5.91 Å². The number of carbonyl (C=O) groups is 1. The Labute approximate surface area is 143 Å². The number of hydrogen-bond acceptors (Lipinski definition) is 3. The van der Waals surface area contributed by atoms with Crippen LogP contribution in [0.2, 0.25) is 5.02 Å². The lowest BCUT2D eigenvalue weighted by atomic mass is 10.0. The van der Waals surface area contributed by atoms with E-state index in [1.165, 1.54) is 19.4 Å². The van der Waals surface area contributed by atoms with Crippen LogP contribution in [0.15, 0.2) is 18.3 Å². The van der Waals surface area contributed by atoms with Gasteiger partial charge in [-0.3, -0.25) is 9.69 Å². The van der Waals surface area contributed by atoms with Crippen molar-refractivity contribution < 1.29 is 4.79 Å². The van der Waals surface area contributed by atoms with Crippen LogP contribution in [0.3, 0.4) is 0 Å². The van der Waals surface area contributed by atoms with Crippen LogP contribution in [0.5, 0.6) is 0 Å². The Hall–Kier alpha value is -1.13. The monoisotopic (exact) mass is 335 g/mol. The lowest BCUT2D eigenvalue weighted by Crippen LogP contribution is -2.46. The van der Waals surface area contributed by atoms with Crippen molar-refractivity contribution in [2.45, 2.75) is 39.2 Å². The van der Waals surface area contributed by atoms with Gasteiger partial charge in [0.15, 0.2) is 0 Å². The number of halogens is 1. The first-order valence-electron chi connectivity index (χ1n) is 8.69. The first-order chi connectivity index (χ1) is 11.0. The molecule has 1 aliphatic heterocycles. The molecule has 1 aromatic heterocycles. The van der Waals surface area contributed by atoms with E-state index in [0.29, 0.717) is 22.7 Å². The molecule has 1 aliphatic carbocycles. The number of pyridine rings is 1. The molecule has 3 rings (SSSR count). The van der Waals surface area contributed by atoms with Crippen LogP contribution in [-0.4, -0.2) is 52.9 Å². The Morgan fingerprint density at radius 2 is 2.13 bits per heavy atom. The third-order valence-electron chi connectivity index (χ3n) is 4.94. The largest absolute Gasteiger partial charge is 0.336 e. The van der Waals surface area contributed by atoms with E-state index in [1.807, 2.05) is 4.90 Å². The van der Waals surface area contributed by atoms with Crippen molar-refractivity contribution in [2.75, 3.05) is 26.2 Å². The van der Waals surface area contributed by atoms with Crippen LogP contribution < -0.4 is 0 Å². The molecular formula is C18H26ClN3O. The predicted octanol–water partition coefficient (Wildman–Crippen LogP) is 3.32. The maximum Gasteiger partial charge on any atom is 0.272 e. The number of hydrogen-bond donors (Lipinski definition) is 0. The van der Waals surface area contributed by atoms with E-state index in [-0.39, 0.29) is 5.91 Å². The fourth-order valence-corrected chi connectivity index (χ4v) is 3.51. The first-order valence-corrected chi connectivity index (χ1v) is 9.07. The maximum absolute atomic E-state index is 12.8. The van der Waals surface area contributed by atoms with Gasteiger partial charge in [-0.2, -0.15) is 0 Å². The standard InChI is InChI=1S/C18H26ClN3O/c1-13(2)17-12-22(9-3-8-21(17)11-14-4-5-14)18(23)16-7-6-15(19)10-20-16/h6-7,10,13-14,17H,3-5,8-9,11-12H2,1-2H3. The van der Waals surface area contributed by atoms with Crippen molar-refractivity contribution in [1.82, 2.24) is 14.8 Å². The molecule has 2 heterocycles. The molecule has 4 nitrogen and oxygen atoms in total. The summed E-state index contributed by atoms with van der Waals surface area (Å²) in [6, 6.07) is 3.90. The van der Waals surface area contributed by atoms with E-state index >= 15 is 0 Å². The van der Waals surface area contributed by atoms with Gasteiger partial charge in [-0.15, -0.1) is 0 Å². The van der Waals surface area contributed by atoms with Gasteiger partial charge in [0, 0.05) is 38.4 Å². The lowest BCUT2D eigenvalue weighted by molar-refractivity contribution is 0.0698. The fourth-order valence-electron chi connectivity index (χ4n) is 3.40. The van der Waals surface area contributed by atoms with Crippen molar-refractivity contribution in [3.05, 3.63) is 29.0 Å². The van der Waals surface area contributed by atoms with Crippen molar-refractivity contribution in [3.8, 4) is 0 Å². The lowest BCUT2D eigenvalue weighted by Gasteiger charge is -2.34. The summed E-state index contributed by atoms with van der Waals surface area (Å²) >= 11 is 5.87. The van der Waals surface area contributed by atoms with Crippen molar-refractivity contribution in [3.63, 3.8) is 0 Å². The molecule has 5 heteroatoms. The molecular weight excluding hydrogens is 310 g/mol. The minimum absolute atomic E-state index is 0.0283. The molecule has 126 valence electrons. The van der Waals surface area contributed by atoms with Crippen LogP contribution in [-0.2, 0) is 0 Å². The Morgan fingerprint density at radius 1 is 1.35 bits per heavy atom. The summed E-state index contributed by atoms with van der Waals surface area (Å²) in [6.07, 6.45) is 5.33. The Kier molecular flexibility index (Phi) is 5.22. The van der Waals surface area contributed by atoms with E-state index in [0.717, 1.165) is 32.0 Å². The van der Waals surface area contributed by atoms with Gasteiger partial charge in [0.1, 0.15) is 5.69 Å². The third kappa shape index (κ3) is 4.24. The maximum atomic E-state index is 12.8. The topological polar surface area (TPSA) is 36.4 Å². The molecule has 1 saturated carbocycles. The van der Waals surface area contributed by atoms with Crippen molar-refractivity contribution >= 4 is 17.5 Å². The van der Waals surface area contributed by atoms with Crippen LogP contribution in [0.1, 0.15) is 43.6 Å². The predicted molar refractivity (Wildman–Crippen MR) is 92.7 cm³/mol. The smallest absolute Gasteiger partial charge is 0.272 e. The van der Waals surface area contributed by atoms with Gasteiger partial charge < -0.3 is 4.90 Å². The van der Waals surface area contributed by atoms with E-state index in [4.69, 9.17) is 11.6 Å². The highest BCUT2D eigenvalue weighted by atomic mass is 35.5. The molecule has 1 saturated heterocycles. The number of aromatic nitrogens is 1. The summed E-state index contributed by atoms with van der Waals surface area (Å²) in [7, 11) is 0. The van der Waals surface area contributed by atoms with E-state index < -0.39 is 0 Å². The number of amides is 1. The van der Waals surface area contributed by atoms with Gasteiger partial charge in [0.05, 0.1) is 5.02 Å². The average Bonchev–Trinajstić information content (AvgIpc) is 3.34. The summed E-state index contributed by atoms with van der Waals surface area (Å²) in [5, 5.41) is 0.563. The van der Waals surface area contributed by atoms with Gasteiger partial charge in [-0.1, -0.05) is 25.4 Å². The quantitative estimate of drug-likeness (QED) is 0.847. The molecule has 1 unspecified atom stereocenters. The second kappa shape index (κ2) is 7.18. The van der Waals surface area contributed by atoms with Gasteiger partial charge in [0.2, 0.25) is 0 Å². The summed E-state index contributed by atoms with van der Waals surface area (Å²) in [5.74, 6) is 1.46. The van der Waals surface area contributed by atoms with Gasteiger partial charge in [-0.05, 0) is 43.2 Å². The Bertz CT molecular complexity index is 542. The zero-order valence-corrected chi connectivity index (χ0v) is 14.8. The van der Waals surface area contributed by atoms with Crippen LogP contribution in [0, 0.1) is 11.8 Å². The molecule has 23 heavy (non-hydrogen) atoms. The molecule has 1 aromatic rings. The zero-order valence-electron chi connectivity index (χ0n) is 14.0. The molecule has 0 bridgehead atoms. The highest BCUT2D eigenvalue weighted by molar-refractivity contribution is 6.30. The fraction of sp³-hybridized carbons (Fsp3) is 0.667. The molecule has 0 N–H and O–H groups in total. The van der Waals surface area contributed by atoms with Gasteiger partial charge in [-0.25, -0.2) is 4.98 Å². The molecule has 1 atom stereocenters. The molecule has 0 aromatic carbocycles. The van der Waals surface area contributed by atoms with Crippen molar-refractivity contribution in [2.24, 2.45) is 11.8 Å². The summed E-state index contributed by atoms with van der Waals surface area (Å²) in [4.78, 5) is 21.6. The van der Waals surface area contributed by atoms with E-state index in [9.17, 15) is 4.79 Å². The Balaban J connectivity index is 1.72. The first kappa shape index (κ1) is 16.7. The highest BCUT2D eigenvalue weighted by Crippen LogP contribution is 2.32. The normalized spacial score (nSPS) is 23.1. The molecule has 2 aliphatic rings. The van der Waals surface area contributed by atoms with Crippen LogP contribution in [0.4, 0.5) is 0 Å². The minimum Gasteiger partial charge on any atom is -0.336 e. The number of carbonyl (C=O) groups excluding carboxylic acids is 1. The average molecular weight is 336 g/mol. The number of nitrogens with zero attached hydrogens (tertiary/aromatic N) is 3. The molecule has 0 radical (unpaired) electrons. The highest BCUT2D eigenvalue weighted by Gasteiger charge is 2.33. The molecule has 0 spiro atoms. The van der Waals surface area contributed by atoms with Crippen LogP contribution in [0.25, 0.3) is 0 Å². The number of rotatable bonds is 4. The molecule has 2 fully saturated rings. The van der Waals surface area contributed by atoms with Crippen molar-refractivity contribution in [1.29, 1.82) is 0 Å². The molecule has 1 amide bonds. The zero-order chi connectivity index (χ0) is 16.4. The summed E-state index contributed by atoms with van der Waals surface area (Å²) in [5.41, 5.74) is 0.493. The summed E-state index contributed by atoms with van der Waals surface area (Å²) in [6.45, 7) is 8.43. The minimum atomic E-state index is 0.0283. The Morgan fingerprint density at radius 3 is 2.74 bits per heavy atom. The third-order valence-corrected chi connectivity index (χ3v) is 5.17. The van der Waals surface area contributed by atoms with Gasteiger partial charge >= 0.3 is 0 Å². The van der Waals surface area contributed by atoms with E-state index in [1.54, 1.807) is 18.3 Å².